The van der Waals surface area contributed by atoms with Crippen molar-refractivity contribution in [2.75, 3.05) is 13.2 Å². The number of ether oxygens (including phenoxy) is 1. The maximum Gasteiger partial charge on any atom is 0.253 e. The van der Waals surface area contributed by atoms with Crippen LogP contribution in [-0.2, 0) is 0 Å². The van der Waals surface area contributed by atoms with Crippen LogP contribution in [0.1, 0.15) is 10.4 Å². The second-order valence-electron chi connectivity index (χ2n) is 3.76. The lowest BCUT2D eigenvalue weighted by Crippen LogP contribution is -2.23. The first kappa shape index (κ1) is 13.6. The summed E-state index contributed by atoms with van der Waals surface area (Å²) in [4.78, 5) is 19.4. The number of carbonyl (C=O) groups is 1. The number of amides is 1. The summed E-state index contributed by atoms with van der Waals surface area (Å²) in [6.45, 7) is 0.526. The van der Waals surface area contributed by atoms with Crippen molar-refractivity contribution in [1.29, 1.82) is 0 Å². The van der Waals surface area contributed by atoms with E-state index < -0.39 is 0 Å². The molecule has 0 aliphatic heterocycles. The molecular weight excluding hydrogens is 254 g/mol. The van der Waals surface area contributed by atoms with E-state index in [0.717, 1.165) is 0 Å². The second-order valence-corrected chi connectivity index (χ2v) is 3.76. The Kier molecular flexibility index (Phi) is 5.11. The van der Waals surface area contributed by atoms with Crippen LogP contribution in [0.4, 0.5) is 0 Å². The molecule has 1 N–H and O–H groups in total. The van der Waals surface area contributed by atoms with Gasteiger partial charge in [-0.05, 0) is 24.3 Å². The first-order valence-corrected chi connectivity index (χ1v) is 6.03. The topological polar surface area (TPSA) is 64.1 Å². The van der Waals surface area contributed by atoms with Gasteiger partial charge >= 0.3 is 0 Å². The molecule has 0 saturated carbocycles. The summed E-state index contributed by atoms with van der Waals surface area (Å²) in [7, 11) is 0. The van der Waals surface area contributed by atoms with Crippen molar-refractivity contribution in [1.82, 2.24) is 15.3 Å². The summed E-state index contributed by atoms with van der Waals surface area (Å²) in [6, 6.07) is 7.00. The maximum absolute atomic E-state index is 11.6. The Morgan fingerprint density at radius 3 is 2.65 bits per heavy atom. The molecule has 0 atom stereocenters. The van der Waals surface area contributed by atoms with Gasteiger partial charge in [-0.25, -0.2) is 0 Å². The second kappa shape index (κ2) is 7.54. The van der Waals surface area contributed by atoms with Gasteiger partial charge in [-0.1, -0.05) is 11.8 Å². The fourth-order valence-electron chi connectivity index (χ4n) is 1.39. The summed E-state index contributed by atoms with van der Waals surface area (Å²) in [6.07, 6.45) is 6.42. The molecule has 5 nitrogen and oxygen atoms in total. The molecule has 20 heavy (non-hydrogen) atoms. The summed E-state index contributed by atoms with van der Waals surface area (Å²) < 4.78 is 5.34. The zero-order valence-electron chi connectivity index (χ0n) is 10.7. The van der Waals surface area contributed by atoms with E-state index in [2.05, 4.69) is 27.1 Å². The summed E-state index contributed by atoms with van der Waals surface area (Å²) >= 11 is 0. The quantitative estimate of drug-likeness (QED) is 0.848. The molecule has 0 radical (unpaired) electrons. The Morgan fingerprint density at radius 1 is 1.15 bits per heavy atom. The Hall–Kier alpha value is -2.87. The molecule has 0 spiro atoms. The minimum absolute atomic E-state index is 0.194. The summed E-state index contributed by atoms with van der Waals surface area (Å²) in [5.41, 5.74) is 0.515. The third kappa shape index (κ3) is 4.42. The molecule has 1 amide bonds. The van der Waals surface area contributed by atoms with Crippen molar-refractivity contribution in [3.05, 3.63) is 54.6 Å². The number of aromatic nitrogens is 2. The molecule has 2 aromatic heterocycles. The van der Waals surface area contributed by atoms with Gasteiger partial charge in [0.15, 0.2) is 0 Å². The van der Waals surface area contributed by atoms with Crippen molar-refractivity contribution in [2.24, 2.45) is 0 Å². The van der Waals surface area contributed by atoms with Crippen molar-refractivity contribution in [2.45, 2.75) is 0 Å². The molecule has 5 heteroatoms. The minimum atomic E-state index is -0.194. The number of hydrogen-bond acceptors (Lipinski definition) is 4. The maximum atomic E-state index is 11.6. The largest absolute Gasteiger partial charge is 0.479 e. The van der Waals surface area contributed by atoms with Crippen LogP contribution < -0.4 is 10.1 Å². The van der Waals surface area contributed by atoms with Crippen molar-refractivity contribution < 1.29 is 9.53 Å². The van der Waals surface area contributed by atoms with E-state index in [1.807, 2.05) is 0 Å². The Morgan fingerprint density at radius 2 is 1.95 bits per heavy atom. The van der Waals surface area contributed by atoms with Gasteiger partial charge in [0.2, 0.25) is 0 Å². The van der Waals surface area contributed by atoms with Crippen molar-refractivity contribution in [3.63, 3.8) is 0 Å². The molecule has 0 fully saturated rings. The normalized spacial score (nSPS) is 9.20. The van der Waals surface area contributed by atoms with Crippen molar-refractivity contribution >= 4 is 5.91 Å². The lowest BCUT2D eigenvalue weighted by atomic mass is 10.3. The van der Waals surface area contributed by atoms with E-state index in [1.54, 1.807) is 42.9 Å². The Labute approximate surface area is 117 Å². The summed E-state index contributed by atoms with van der Waals surface area (Å²) in [5, 5.41) is 2.68. The number of nitrogens with zero attached hydrogens (tertiary/aromatic N) is 2. The van der Waals surface area contributed by atoms with Gasteiger partial charge in [-0.15, -0.1) is 0 Å². The minimum Gasteiger partial charge on any atom is -0.479 e. The number of nitrogens with one attached hydrogen (secondary N) is 1. The number of rotatable bonds is 4. The smallest absolute Gasteiger partial charge is 0.253 e. The van der Waals surface area contributed by atoms with Crippen LogP contribution in [-0.4, -0.2) is 29.0 Å². The predicted octanol–water partition coefficient (Wildman–Crippen LogP) is 1.29. The molecule has 2 aromatic rings. The van der Waals surface area contributed by atoms with E-state index in [-0.39, 0.29) is 19.1 Å². The number of pyridine rings is 2. The molecule has 0 bridgehead atoms. The number of carbonyl (C=O) groups excluding carboxylic acids is 1. The van der Waals surface area contributed by atoms with Crippen LogP contribution in [0.25, 0.3) is 0 Å². The predicted molar refractivity (Wildman–Crippen MR) is 74.1 cm³/mol. The first-order chi connectivity index (χ1) is 9.86. The van der Waals surface area contributed by atoms with Crippen LogP contribution >= 0.6 is 0 Å². The van der Waals surface area contributed by atoms with Crippen LogP contribution in [0, 0.1) is 11.8 Å². The van der Waals surface area contributed by atoms with E-state index in [9.17, 15) is 4.79 Å². The molecule has 0 aliphatic rings. The molecule has 0 saturated heterocycles. The monoisotopic (exact) mass is 267 g/mol. The zero-order chi connectivity index (χ0) is 14.0. The third-order valence-corrected chi connectivity index (χ3v) is 2.33. The standard InChI is InChI=1S/C15H13N3O2/c19-15(13-5-3-7-16-11-13)18-9-1-2-10-20-14-6-4-8-17-12-14/h3-8,11-12H,9-10H2,(H,18,19). The summed E-state index contributed by atoms with van der Waals surface area (Å²) in [5.74, 6) is 6.09. The van der Waals surface area contributed by atoms with Crippen LogP contribution in [0.3, 0.4) is 0 Å². The average molecular weight is 267 g/mol. The molecule has 0 aliphatic carbocycles. The van der Waals surface area contributed by atoms with E-state index in [4.69, 9.17) is 4.74 Å². The first-order valence-electron chi connectivity index (χ1n) is 6.03. The van der Waals surface area contributed by atoms with Gasteiger partial charge in [-0.3, -0.25) is 14.8 Å². The molecule has 2 heterocycles. The SMILES string of the molecule is O=C(NCC#CCOc1cccnc1)c1cccnc1. The lowest BCUT2D eigenvalue weighted by molar-refractivity contribution is 0.0958. The molecular formula is C15H13N3O2. The van der Waals surface area contributed by atoms with E-state index in [1.165, 1.54) is 6.20 Å². The third-order valence-electron chi connectivity index (χ3n) is 2.33. The molecule has 100 valence electrons. The fraction of sp³-hybridized carbons (Fsp3) is 0.133. The highest BCUT2D eigenvalue weighted by molar-refractivity contribution is 5.93. The Bertz CT molecular complexity index is 603. The van der Waals surface area contributed by atoms with Gasteiger partial charge in [0.25, 0.3) is 5.91 Å². The highest BCUT2D eigenvalue weighted by Crippen LogP contribution is 2.04. The van der Waals surface area contributed by atoms with Gasteiger partial charge in [0, 0.05) is 18.6 Å². The van der Waals surface area contributed by atoms with Crippen molar-refractivity contribution in [3.8, 4) is 17.6 Å². The van der Waals surface area contributed by atoms with Gasteiger partial charge in [0.1, 0.15) is 12.4 Å². The van der Waals surface area contributed by atoms with Crippen LogP contribution in [0.15, 0.2) is 49.1 Å². The van der Waals surface area contributed by atoms with Gasteiger partial charge < -0.3 is 10.1 Å². The lowest BCUT2D eigenvalue weighted by Gasteiger charge is -2.00. The van der Waals surface area contributed by atoms with E-state index >= 15 is 0 Å². The van der Waals surface area contributed by atoms with Crippen LogP contribution in [0.5, 0.6) is 5.75 Å². The highest BCUT2D eigenvalue weighted by atomic mass is 16.5. The number of hydrogen-bond donors (Lipinski definition) is 1. The fourth-order valence-corrected chi connectivity index (χ4v) is 1.39. The van der Waals surface area contributed by atoms with Gasteiger partial charge in [0.05, 0.1) is 18.3 Å². The zero-order valence-corrected chi connectivity index (χ0v) is 10.7. The Balaban J connectivity index is 1.69. The average Bonchev–Trinajstić information content (AvgIpc) is 2.52. The van der Waals surface area contributed by atoms with Gasteiger partial charge in [-0.2, -0.15) is 0 Å². The molecule has 2 rings (SSSR count). The highest BCUT2D eigenvalue weighted by Gasteiger charge is 2.01. The van der Waals surface area contributed by atoms with Crippen LogP contribution in [0.2, 0.25) is 0 Å². The molecule has 0 unspecified atom stereocenters. The molecule has 0 aromatic carbocycles. The van der Waals surface area contributed by atoms with E-state index in [0.29, 0.717) is 11.3 Å².